The van der Waals surface area contributed by atoms with Gasteiger partial charge in [0.05, 0.1) is 6.42 Å². The Kier molecular flexibility index (Phi) is 3.80. The topological polar surface area (TPSA) is 88.0 Å². The first-order chi connectivity index (χ1) is 11.0. The standard InChI is InChI=1S/C17H14FN3O2/c18-12-3-6-15-14(8-12)11(9-20-15)7-16(22)21-13-4-1-10(2-5-13)17(19)23/h1-6,8-9,20H,7H2,(H2,19,23)(H,21,22). The SMILES string of the molecule is NC(=O)c1ccc(NC(=O)Cc2c[nH]c3ccc(F)cc23)cc1. The lowest BCUT2D eigenvalue weighted by Crippen LogP contribution is -2.15. The van der Waals surface area contributed by atoms with Crippen LogP contribution in [-0.4, -0.2) is 16.8 Å². The highest BCUT2D eigenvalue weighted by Gasteiger charge is 2.10. The van der Waals surface area contributed by atoms with Gasteiger partial charge in [-0.15, -0.1) is 0 Å². The minimum absolute atomic E-state index is 0.112. The summed E-state index contributed by atoms with van der Waals surface area (Å²) in [5, 5.41) is 3.41. The molecule has 0 spiro atoms. The molecule has 116 valence electrons. The van der Waals surface area contributed by atoms with Gasteiger partial charge >= 0.3 is 0 Å². The summed E-state index contributed by atoms with van der Waals surface area (Å²) < 4.78 is 13.3. The van der Waals surface area contributed by atoms with E-state index in [0.29, 0.717) is 22.2 Å². The normalized spacial score (nSPS) is 10.7. The zero-order valence-electron chi connectivity index (χ0n) is 12.1. The van der Waals surface area contributed by atoms with Crippen molar-refractivity contribution in [2.24, 2.45) is 5.73 Å². The van der Waals surface area contributed by atoms with E-state index in [-0.39, 0.29) is 18.1 Å². The van der Waals surface area contributed by atoms with Gasteiger partial charge in [-0.2, -0.15) is 0 Å². The molecule has 1 heterocycles. The zero-order chi connectivity index (χ0) is 16.4. The van der Waals surface area contributed by atoms with E-state index in [0.717, 1.165) is 5.52 Å². The number of aromatic amines is 1. The van der Waals surface area contributed by atoms with Crippen LogP contribution in [-0.2, 0) is 11.2 Å². The van der Waals surface area contributed by atoms with E-state index in [9.17, 15) is 14.0 Å². The van der Waals surface area contributed by atoms with E-state index < -0.39 is 5.91 Å². The van der Waals surface area contributed by atoms with Crippen molar-refractivity contribution in [3.8, 4) is 0 Å². The van der Waals surface area contributed by atoms with E-state index in [1.807, 2.05) is 0 Å². The summed E-state index contributed by atoms with van der Waals surface area (Å²) in [4.78, 5) is 26.1. The molecule has 3 rings (SSSR count). The molecule has 0 aliphatic heterocycles. The largest absolute Gasteiger partial charge is 0.366 e. The lowest BCUT2D eigenvalue weighted by molar-refractivity contribution is -0.115. The Morgan fingerprint density at radius 2 is 1.87 bits per heavy atom. The van der Waals surface area contributed by atoms with Crippen LogP contribution in [0, 0.1) is 5.82 Å². The molecule has 0 fully saturated rings. The van der Waals surface area contributed by atoms with Crippen LogP contribution in [0.1, 0.15) is 15.9 Å². The van der Waals surface area contributed by atoms with E-state index in [4.69, 9.17) is 5.73 Å². The van der Waals surface area contributed by atoms with Crippen molar-refractivity contribution < 1.29 is 14.0 Å². The minimum atomic E-state index is -0.524. The molecule has 3 aromatic rings. The van der Waals surface area contributed by atoms with Crippen LogP contribution in [0.15, 0.2) is 48.7 Å². The third kappa shape index (κ3) is 3.21. The molecule has 1 aromatic heterocycles. The van der Waals surface area contributed by atoms with Crippen LogP contribution < -0.4 is 11.1 Å². The Balaban J connectivity index is 1.73. The maximum atomic E-state index is 13.3. The Hall–Kier alpha value is -3.15. The molecule has 4 N–H and O–H groups in total. The molecule has 0 radical (unpaired) electrons. The minimum Gasteiger partial charge on any atom is -0.366 e. The van der Waals surface area contributed by atoms with Crippen LogP contribution in [0.25, 0.3) is 10.9 Å². The number of H-pyrrole nitrogens is 1. The monoisotopic (exact) mass is 311 g/mol. The third-order valence-corrected chi connectivity index (χ3v) is 3.53. The molecule has 0 bridgehead atoms. The molecular formula is C17H14FN3O2. The van der Waals surface area contributed by atoms with Crippen molar-refractivity contribution in [2.75, 3.05) is 5.32 Å². The number of amides is 2. The molecule has 0 atom stereocenters. The predicted molar refractivity (Wildman–Crippen MR) is 85.6 cm³/mol. The quantitative estimate of drug-likeness (QED) is 0.691. The summed E-state index contributed by atoms with van der Waals surface area (Å²) >= 11 is 0. The van der Waals surface area contributed by atoms with Crippen molar-refractivity contribution in [3.63, 3.8) is 0 Å². The third-order valence-electron chi connectivity index (χ3n) is 3.53. The van der Waals surface area contributed by atoms with Gasteiger partial charge in [0, 0.05) is 28.4 Å². The van der Waals surface area contributed by atoms with E-state index >= 15 is 0 Å². The van der Waals surface area contributed by atoms with Gasteiger partial charge in [-0.25, -0.2) is 4.39 Å². The maximum Gasteiger partial charge on any atom is 0.248 e. The van der Waals surface area contributed by atoms with Crippen molar-refractivity contribution in [3.05, 3.63) is 65.6 Å². The van der Waals surface area contributed by atoms with Crippen molar-refractivity contribution in [2.45, 2.75) is 6.42 Å². The number of nitrogens with one attached hydrogen (secondary N) is 2. The second-order valence-electron chi connectivity index (χ2n) is 5.17. The van der Waals surface area contributed by atoms with Crippen LogP contribution in [0.3, 0.4) is 0 Å². The van der Waals surface area contributed by atoms with Crippen LogP contribution >= 0.6 is 0 Å². The number of rotatable bonds is 4. The average Bonchev–Trinajstić information content (AvgIpc) is 2.90. The number of aromatic nitrogens is 1. The Bertz CT molecular complexity index is 884. The fraction of sp³-hybridized carbons (Fsp3) is 0.0588. The highest BCUT2D eigenvalue weighted by Crippen LogP contribution is 2.20. The number of halogens is 1. The molecule has 0 unspecified atom stereocenters. The highest BCUT2D eigenvalue weighted by molar-refractivity contribution is 5.97. The van der Waals surface area contributed by atoms with Crippen molar-refractivity contribution >= 4 is 28.4 Å². The molecule has 2 aromatic carbocycles. The van der Waals surface area contributed by atoms with Gasteiger partial charge in [0.15, 0.2) is 0 Å². The summed E-state index contributed by atoms with van der Waals surface area (Å²) in [6, 6.07) is 10.7. The number of hydrogen-bond acceptors (Lipinski definition) is 2. The number of carbonyl (C=O) groups excluding carboxylic acids is 2. The van der Waals surface area contributed by atoms with E-state index in [2.05, 4.69) is 10.3 Å². The first-order valence-corrected chi connectivity index (χ1v) is 6.98. The number of anilines is 1. The molecule has 0 aliphatic carbocycles. The van der Waals surface area contributed by atoms with Crippen LogP contribution in [0.5, 0.6) is 0 Å². The van der Waals surface area contributed by atoms with E-state index in [1.165, 1.54) is 12.1 Å². The molecule has 0 saturated carbocycles. The van der Waals surface area contributed by atoms with Gasteiger partial charge < -0.3 is 16.0 Å². The number of carbonyl (C=O) groups is 2. The molecule has 6 heteroatoms. The lowest BCUT2D eigenvalue weighted by Gasteiger charge is -2.05. The molecule has 23 heavy (non-hydrogen) atoms. The summed E-state index contributed by atoms with van der Waals surface area (Å²) in [7, 11) is 0. The van der Waals surface area contributed by atoms with Gasteiger partial charge in [0.1, 0.15) is 5.82 Å². The van der Waals surface area contributed by atoms with E-state index in [1.54, 1.807) is 36.5 Å². The zero-order valence-corrected chi connectivity index (χ0v) is 12.1. The molecule has 0 saturated heterocycles. The second kappa shape index (κ2) is 5.92. The smallest absolute Gasteiger partial charge is 0.248 e. The fourth-order valence-corrected chi connectivity index (χ4v) is 2.39. The number of hydrogen-bond donors (Lipinski definition) is 3. The summed E-state index contributed by atoms with van der Waals surface area (Å²) in [6.07, 6.45) is 1.81. The van der Waals surface area contributed by atoms with Gasteiger partial charge in [-0.05, 0) is 48.0 Å². The number of fused-ring (bicyclic) bond motifs is 1. The number of nitrogens with two attached hydrogens (primary N) is 1. The Labute approximate surface area is 131 Å². The molecule has 5 nitrogen and oxygen atoms in total. The Morgan fingerprint density at radius 1 is 1.13 bits per heavy atom. The summed E-state index contributed by atoms with van der Waals surface area (Å²) in [5.41, 5.74) is 7.58. The Morgan fingerprint density at radius 3 is 2.57 bits per heavy atom. The van der Waals surface area contributed by atoms with Gasteiger partial charge in [-0.1, -0.05) is 0 Å². The summed E-state index contributed by atoms with van der Waals surface area (Å²) in [5.74, 6) is -1.11. The molecule has 0 aliphatic rings. The second-order valence-corrected chi connectivity index (χ2v) is 5.17. The van der Waals surface area contributed by atoms with Crippen LogP contribution in [0.4, 0.5) is 10.1 Å². The van der Waals surface area contributed by atoms with Crippen LogP contribution in [0.2, 0.25) is 0 Å². The maximum absolute atomic E-state index is 13.3. The molecule has 2 amide bonds. The van der Waals surface area contributed by atoms with Gasteiger partial charge in [-0.3, -0.25) is 9.59 Å². The first kappa shape index (κ1) is 14.8. The number of primary amides is 1. The van der Waals surface area contributed by atoms with Gasteiger partial charge in [0.2, 0.25) is 11.8 Å². The van der Waals surface area contributed by atoms with Gasteiger partial charge in [0.25, 0.3) is 0 Å². The summed E-state index contributed by atoms with van der Waals surface area (Å²) in [6.45, 7) is 0. The first-order valence-electron chi connectivity index (χ1n) is 6.98. The van der Waals surface area contributed by atoms with Crippen molar-refractivity contribution in [1.29, 1.82) is 0 Å². The lowest BCUT2D eigenvalue weighted by atomic mass is 10.1. The predicted octanol–water partition coefficient (Wildman–Crippen LogP) is 2.59. The average molecular weight is 311 g/mol. The molecular weight excluding hydrogens is 297 g/mol. The van der Waals surface area contributed by atoms with Crippen molar-refractivity contribution in [1.82, 2.24) is 4.98 Å². The highest BCUT2D eigenvalue weighted by atomic mass is 19.1. The fourth-order valence-electron chi connectivity index (χ4n) is 2.39. The number of benzene rings is 2.